The molecule has 11 heteroatoms. The van der Waals surface area contributed by atoms with Gasteiger partial charge in [0, 0.05) is 31.7 Å². The Morgan fingerprint density at radius 2 is 1.68 bits per heavy atom. The van der Waals surface area contributed by atoms with Crippen molar-refractivity contribution in [3.8, 4) is 0 Å². The molecule has 1 aliphatic rings. The summed E-state index contributed by atoms with van der Waals surface area (Å²) in [5.74, 6) is -0.206. The molecule has 0 N–H and O–H groups in total. The van der Waals surface area contributed by atoms with Gasteiger partial charge in [0.15, 0.2) is 5.13 Å². The molecule has 1 aromatic heterocycles. The quantitative estimate of drug-likeness (QED) is 0.423. The van der Waals surface area contributed by atoms with E-state index in [-0.39, 0.29) is 35.4 Å². The molecule has 2 atom stereocenters. The average Bonchev–Trinajstić information content (AvgIpc) is 3.25. The van der Waals surface area contributed by atoms with Crippen molar-refractivity contribution >= 4 is 55.0 Å². The average molecular weight is 567 g/mol. The van der Waals surface area contributed by atoms with E-state index < -0.39 is 10.0 Å². The third-order valence-corrected chi connectivity index (χ3v) is 9.33. The van der Waals surface area contributed by atoms with Gasteiger partial charge in [-0.1, -0.05) is 17.4 Å². The standard InChI is InChI=1S/C26H34N4O4S2.ClH/c1-17-7-12-23-24(20(17)4)27-26(35-23)30(14-13-28(5)6)25(31)21-8-10-22(11-9-21)36(32,33)29-15-18(2)34-19(3)16-29;/h7-12,18-19H,13-16H2,1-6H3;1H. The highest BCUT2D eigenvalue weighted by molar-refractivity contribution is 7.89. The molecule has 1 fully saturated rings. The number of ether oxygens (including phenoxy) is 1. The maximum atomic E-state index is 13.6. The van der Waals surface area contributed by atoms with Crippen molar-refractivity contribution in [1.29, 1.82) is 0 Å². The zero-order chi connectivity index (χ0) is 26.2. The number of likely N-dealkylation sites (N-methyl/N-ethyl adjacent to an activating group) is 1. The topological polar surface area (TPSA) is 83.1 Å². The molecular weight excluding hydrogens is 532 g/mol. The lowest BCUT2D eigenvalue weighted by molar-refractivity contribution is -0.0440. The lowest BCUT2D eigenvalue weighted by atomic mass is 10.1. The van der Waals surface area contributed by atoms with E-state index in [1.165, 1.54) is 27.8 Å². The zero-order valence-electron chi connectivity index (χ0n) is 22.1. The molecule has 0 spiro atoms. The first-order valence-corrected chi connectivity index (χ1v) is 14.3. The number of sulfonamides is 1. The van der Waals surface area contributed by atoms with Gasteiger partial charge in [0.25, 0.3) is 5.91 Å². The predicted molar refractivity (Wildman–Crippen MR) is 152 cm³/mol. The highest BCUT2D eigenvalue weighted by Gasteiger charge is 2.32. The summed E-state index contributed by atoms with van der Waals surface area (Å²) in [4.78, 5) is 22.3. The minimum atomic E-state index is -3.68. The molecule has 1 aliphatic heterocycles. The molecule has 0 saturated carbocycles. The first-order chi connectivity index (χ1) is 17.0. The number of benzene rings is 2. The monoisotopic (exact) mass is 566 g/mol. The van der Waals surface area contributed by atoms with Gasteiger partial charge < -0.3 is 9.64 Å². The number of fused-ring (bicyclic) bond motifs is 1. The SMILES string of the molecule is Cc1ccc2sc(N(CCN(C)C)C(=O)c3ccc(S(=O)(=O)N4CC(C)OC(C)C4)cc3)nc2c1C.Cl. The predicted octanol–water partition coefficient (Wildman–Crippen LogP) is 4.34. The number of morpholine rings is 1. The molecule has 202 valence electrons. The van der Waals surface area contributed by atoms with Gasteiger partial charge in [-0.15, -0.1) is 12.4 Å². The fraction of sp³-hybridized carbons (Fsp3) is 0.462. The van der Waals surface area contributed by atoms with E-state index in [0.29, 0.717) is 36.9 Å². The number of thiazole rings is 1. The van der Waals surface area contributed by atoms with Gasteiger partial charge >= 0.3 is 0 Å². The maximum absolute atomic E-state index is 13.6. The minimum absolute atomic E-state index is 0. The summed E-state index contributed by atoms with van der Waals surface area (Å²) in [7, 11) is 0.241. The van der Waals surface area contributed by atoms with Gasteiger partial charge in [-0.25, -0.2) is 13.4 Å². The van der Waals surface area contributed by atoms with E-state index in [1.54, 1.807) is 17.0 Å². The lowest BCUT2D eigenvalue weighted by Crippen LogP contribution is -2.48. The van der Waals surface area contributed by atoms with E-state index in [4.69, 9.17) is 9.72 Å². The summed E-state index contributed by atoms with van der Waals surface area (Å²) in [6.45, 7) is 9.58. The fourth-order valence-corrected chi connectivity index (χ4v) is 6.96. The van der Waals surface area contributed by atoms with E-state index in [2.05, 4.69) is 13.0 Å². The summed E-state index contributed by atoms with van der Waals surface area (Å²) >= 11 is 1.49. The van der Waals surface area contributed by atoms with Gasteiger partial charge in [0.2, 0.25) is 10.0 Å². The number of nitrogens with zero attached hydrogens (tertiary/aromatic N) is 4. The van der Waals surface area contributed by atoms with Gasteiger partial charge in [0.1, 0.15) is 0 Å². The van der Waals surface area contributed by atoms with Crippen molar-refractivity contribution in [2.75, 3.05) is 45.2 Å². The number of amides is 1. The number of rotatable bonds is 7. The summed E-state index contributed by atoms with van der Waals surface area (Å²) < 4.78 is 34.6. The number of carbonyl (C=O) groups is 1. The minimum Gasteiger partial charge on any atom is -0.373 e. The Labute approximate surface area is 229 Å². The van der Waals surface area contributed by atoms with Crippen LogP contribution in [0.1, 0.15) is 35.3 Å². The number of hydrogen-bond donors (Lipinski definition) is 0. The number of hydrogen-bond acceptors (Lipinski definition) is 7. The molecule has 4 rings (SSSR count). The van der Waals surface area contributed by atoms with Crippen molar-refractivity contribution in [3.63, 3.8) is 0 Å². The van der Waals surface area contributed by atoms with E-state index in [0.717, 1.165) is 21.3 Å². The van der Waals surface area contributed by atoms with Crippen LogP contribution < -0.4 is 4.90 Å². The van der Waals surface area contributed by atoms with Crippen LogP contribution in [0.5, 0.6) is 0 Å². The van der Waals surface area contributed by atoms with E-state index in [1.807, 2.05) is 45.8 Å². The molecule has 2 heterocycles. The van der Waals surface area contributed by atoms with Crippen LogP contribution in [0.3, 0.4) is 0 Å². The molecular formula is C26H35ClN4O4S2. The third-order valence-electron chi connectivity index (χ3n) is 6.45. The number of aromatic nitrogens is 1. The first-order valence-electron chi connectivity index (χ1n) is 12.1. The molecule has 1 amide bonds. The largest absolute Gasteiger partial charge is 0.373 e. The van der Waals surface area contributed by atoms with Crippen molar-refractivity contribution in [2.45, 2.75) is 44.8 Å². The van der Waals surface area contributed by atoms with E-state index in [9.17, 15) is 13.2 Å². The second-order valence-electron chi connectivity index (χ2n) is 9.71. The molecule has 0 aliphatic carbocycles. The van der Waals surface area contributed by atoms with Crippen LogP contribution in [0.4, 0.5) is 5.13 Å². The smallest absolute Gasteiger partial charge is 0.260 e. The number of halogens is 1. The Bertz CT molecular complexity index is 1350. The van der Waals surface area contributed by atoms with Crippen LogP contribution in [-0.2, 0) is 14.8 Å². The van der Waals surface area contributed by atoms with Crippen LogP contribution in [0, 0.1) is 13.8 Å². The molecule has 8 nitrogen and oxygen atoms in total. The molecule has 37 heavy (non-hydrogen) atoms. The zero-order valence-corrected chi connectivity index (χ0v) is 24.5. The van der Waals surface area contributed by atoms with Crippen molar-refractivity contribution in [3.05, 3.63) is 53.1 Å². The maximum Gasteiger partial charge on any atom is 0.260 e. The molecule has 3 aromatic rings. The first kappa shape index (κ1) is 29.5. The van der Waals surface area contributed by atoms with Gasteiger partial charge in [-0.2, -0.15) is 4.31 Å². The summed E-state index contributed by atoms with van der Waals surface area (Å²) in [5.41, 5.74) is 3.60. The Balaban J connectivity index is 0.00000380. The molecule has 0 radical (unpaired) electrons. The Morgan fingerprint density at radius 1 is 1.05 bits per heavy atom. The van der Waals surface area contributed by atoms with Crippen LogP contribution in [0.2, 0.25) is 0 Å². The van der Waals surface area contributed by atoms with Crippen LogP contribution in [0.25, 0.3) is 10.2 Å². The van der Waals surface area contributed by atoms with E-state index >= 15 is 0 Å². The lowest BCUT2D eigenvalue weighted by Gasteiger charge is -2.34. The number of anilines is 1. The molecule has 1 saturated heterocycles. The van der Waals surface area contributed by atoms with Crippen molar-refractivity contribution in [2.24, 2.45) is 0 Å². The van der Waals surface area contributed by atoms with Gasteiger partial charge in [-0.3, -0.25) is 9.69 Å². The second kappa shape index (κ2) is 11.8. The number of carbonyl (C=O) groups excluding carboxylic acids is 1. The molecule has 2 unspecified atom stereocenters. The van der Waals surface area contributed by atoms with Crippen molar-refractivity contribution in [1.82, 2.24) is 14.2 Å². The summed E-state index contributed by atoms with van der Waals surface area (Å²) in [5, 5.41) is 0.638. The van der Waals surface area contributed by atoms with Crippen LogP contribution in [0.15, 0.2) is 41.3 Å². The van der Waals surface area contributed by atoms with Crippen molar-refractivity contribution < 1.29 is 17.9 Å². The molecule has 2 aromatic carbocycles. The second-order valence-corrected chi connectivity index (χ2v) is 12.7. The Kier molecular flexibility index (Phi) is 9.36. The Hall–Kier alpha value is -2.08. The number of aryl methyl sites for hydroxylation is 2. The van der Waals surface area contributed by atoms with Gasteiger partial charge in [0.05, 0.1) is 27.3 Å². The Morgan fingerprint density at radius 3 is 2.27 bits per heavy atom. The summed E-state index contributed by atoms with van der Waals surface area (Å²) in [6, 6.07) is 10.3. The highest BCUT2D eigenvalue weighted by atomic mass is 35.5. The third kappa shape index (κ3) is 6.32. The fourth-order valence-electron chi connectivity index (χ4n) is 4.32. The van der Waals surface area contributed by atoms with Gasteiger partial charge in [-0.05, 0) is 83.2 Å². The normalized spacial score (nSPS) is 18.7. The van der Waals surface area contributed by atoms with Crippen LogP contribution >= 0.6 is 23.7 Å². The summed E-state index contributed by atoms with van der Waals surface area (Å²) in [6.07, 6.45) is -0.341. The highest BCUT2D eigenvalue weighted by Crippen LogP contribution is 2.33. The molecule has 0 bridgehead atoms. The van der Waals surface area contributed by atoms with Crippen LogP contribution in [-0.4, -0.2) is 81.0 Å².